The van der Waals surface area contributed by atoms with Crippen LogP contribution >= 0.6 is 0 Å². The van der Waals surface area contributed by atoms with Gasteiger partial charge in [0, 0.05) is 73.8 Å². The maximum Gasteiger partial charge on any atom is 0.312 e. The molecule has 0 aliphatic carbocycles. The van der Waals surface area contributed by atoms with Crippen LogP contribution in [-0.2, 0) is 57.8 Å². The molecular formula is C46H58N8O10. The van der Waals surface area contributed by atoms with Crippen molar-refractivity contribution in [2.24, 2.45) is 28.3 Å². The van der Waals surface area contributed by atoms with Crippen LogP contribution in [0, 0.1) is 11.8 Å². The fourth-order valence-corrected chi connectivity index (χ4v) is 6.84. The van der Waals surface area contributed by atoms with E-state index in [0.717, 1.165) is 23.1 Å². The third kappa shape index (κ3) is 15.8. The van der Waals surface area contributed by atoms with Crippen LogP contribution in [0.1, 0.15) is 95.2 Å². The van der Waals surface area contributed by atoms with E-state index in [1.807, 2.05) is 32.0 Å². The lowest BCUT2D eigenvalue weighted by atomic mass is 9.88. The summed E-state index contributed by atoms with van der Waals surface area (Å²) >= 11 is 0. The Morgan fingerprint density at radius 1 is 0.953 bits per heavy atom. The number of hydrogen-bond acceptors (Lipinski definition) is 13. The number of aryl methyl sites for hydroxylation is 1. The van der Waals surface area contributed by atoms with Crippen LogP contribution in [-0.4, -0.2) is 93.1 Å². The van der Waals surface area contributed by atoms with Crippen molar-refractivity contribution in [1.29, 1.82) is 0 Å². The van der Waals surface area contributed by atoms with Crippen molar-refractivity contribution in [3.05, 3.63) is 82.9 Å². The molecule has 18 nitrogen and oxygen atoms in total. The topological polar surface area (TPSA) is 276 Å². The molecule has 1 aromatic heterocycles. The summed E-state index contributed by atoms with van der Waals surface area (Å²) in [5.74, 6) is -3.83. The van der Waals surface area contributed by atoms with Crippen LogP contribution < -0.4 is 22.1 Å². The molecule has 0 saturated heterocycles. The quantitative estimate of drug-likeness (QED) is 0.0339. The fraction of sp³-hybridized carbons (Fsp3) is 0.435. The van der Waals surface area contributed by atoms with E-state index in [-0.39, 0.29) is 69.3 Å². The molecule has 4 amide bonds. The summed E-state index contributed by atoms with van der Waals surface area (Å²) in [7, 11) is 0. The number of nitrogens with zero attached hydrogens (tertiary/aromatic N) is 4. The van der Waals surface area contributed by atoms with Gasteiger partial charge in [-0.1, -0.05) is 57.2 Å². The van der Waals surface area contributed by atoms with E-state index in [0.29, 0.717) is 53.6 Å². The molecule has 3 aromatic rings. The lowest BCUT2D eigenvalue weighted by Gasteiger charge is -2.24. The second kappa shape index (κ2) is 24.7. The van der Waals surface area contributed by atoms with Gasteiger partial charge in [-0.3, -0.25) is 33.6 Å². The molecule has 0 fully saturated rings. The van der Waals surface area contributed by atoms with E-state index in [9.17, 15) is 33.6 Å². The predicted octanol–water partition coefficient (Wildman–Crippen LogP) is 4.54. The van der Waals surface area contributed by atoms with Gasteiger partial charge in [-0.05, 0) is 60.9 Å². The number of urea groups is 1. The molecule has 1 aliphatic heterocycles. The first-order valence-corrected chi connectivity index (χ1v) is 21.3. The van der Waals surface area contributed by atoms with Gasteiger partial charge in [-0.25, -0.2) is 24.8 Å². The number of nitrogens with one attached hydrogen (secondary N) is 2. The molecule has 0 saturated carbocycles. The lowest BCUT2D eigenvalue weighted by Crippen LogP contribution is -2.46. The predicted molar refractivity (Wildman–Crippen MR) is 237 cm³/mol. The van der Waals surface area contributed by atoms with Crippen LogP contribution in [0.4, 0.5) is 10.5 Å². The number of carbonyl (C=O) groups is 7. The van der Waals surface area contributed by atoms with Crippen molar-refractivity contribution in [2.75, 3.05) is 19.7 Å². The van der Waals surface area contributed by atoms with Gasteiger partial charge in [0.2, 0.25) is 5.91 Å². The number of fused-ring (bicyclic) bond motifs is 1. The number of carboxylic acid groups (broad SMARTS) is 1. The summed E-state index contributed by atoms with van der Waals surface area (Å²) in [6, 6.07) is 10.8. The number of hydroxylamine groups is 2. The first-order chi connectivity index (χ1) is 30.6. The number of ether oxygens (including phenoxy) is 1. The zero-order valence-electron chi connectivity index (χ0n) is 36.8. The Morgan fingerprint density at radius 3 is 2.30 bits per heavy atom. The molecule has 0 spiro atoms. The Bertz CT molecular complexity index is 2200. The maximum atomic E-state index is 13.5. The van der Waals surface area contributed by atoms with Crippen molar-refractivity contribution in [2.45, 2.75) is 98.1 Å². The number of benzene rings is 2. The van der Waals surface area contributed by atoms with Gasteiger partial charge in [0.05, 0.1) is 24.8 Å². The minimum absolute atomic E-state index is 0.00469. The molecule has 342 valence electrons. The van der Waals surface area contributed by atoms with Gasteiger partial charge in [0.25, 0.3) is 5.91 Å². The molecule has 0 radical (unpaired) electrons. The minimum atomic E-state index is -1.29. The van der Waals surface area contributed by atoms with E-state index in [2.05, 4.69) is 25.6 Å². The highest BCUT2D eigenvalue weighted by molar-refractivity contribution is 6.05. The smallest absolute Gasteiger partial charge is 0.312 e. The monoisotopic (exact) mass is 882 g/mol. The second-order valence-electron chi connectivity index (χ2n) is 15.7. The van der Waals surface area contributed by atoms with E-state index in [1.54, 1.807) is 56.6 Å². The number of rotatable bonds is 25. The van der Waals surface area contributed by atoms with Gasteiger partial charge < -0.3 is 31.9 Å². The summed E-state index contributed by atoms with van der Waals surface area (Å²) < 4.78 is 5.48. The Labute approximate surface area is 372 Å². The SMILES string of the molecule is CCCN(OCC)C(=O)C1=Cc2ccc(-c3cnc(CCC(=O)OCc4ccc(CC(=O)[C@H](CCCNC(N)=O)NC(=O)[C@@H](CC(=O)CC(=O)O)C(C)C)cc4)nc3)cc2N=C(N)C1. The van der Waals surface area contributed by atoms with Gasteiger partial charge in [0.15, 0.2) is 5.78 Å². The standard InChI is InChI=1S/C46H58N8O10/c1-5-18-54(64-6-2)45(61)33-20-32-14-13-31(21-38(32)52-40(47)22-33)34-25-50-41(51-26-34)15-16-43(59)63-27-30-11-9-29(10-12-30)19-39(56)37(8-7-17-49-46(48)62)53-44(60)36(28(3)4)23-35(55)24-42(57)58/h9-14,20-21,25-26,28,36-37H,5-8,15-19,22-24,27H2,1-4H3,(H2,47,52)(H,53,60)(H,57,58)(H3,48,49,62)/t36-,37-/m0/s1. The number of esters is 1. The first-order valence-electron chi connectivity index (χ1n) is 21.3. The molecule has 2 heterocycles. The lowest BCUT2D eigenvalue weighted by molar-refractivity contribution is -0.180. The van der Waals surface area contributed by atoms with Gasteiger partial charge in [0.1, 0.15) is 30.5 Å². The molecule has 2 atom stereocenters. The Kier molecular flexibility index (Phi) is 19.2. The van der Waals surface area contributed by atoms with E-state index in [4.69, 9.17) is 26.1 Å². The number of hydrogen-bond donors (Lipinski definition) is 5. The number of ketones is 2. The van der Waals surface area contributed by atoms with Gasteiger partial charge >= 0.3 is 18.0 Å². The van der Waals surface area contributed by atoms with Crippen molar-refractivity contribution >= 4 is 58.9 Å². The first kappa shape index (κ1) is 49.8. The molecule has 2 aromatic carbocycles. The van der Waals surface area contributed by atoms with E-state index in [1.165, 1.54) is 5.06 Å². The zero-order chi connectivity index (χ0) is 46.8. The highest BCUT2D eigenvalue weighted by Gasteiger charge is 2.30. The molecule has 4 rings (SSSR count). The largest absolute Gasteiger partial charge is 0.481 e. The Morgan fingerprint density at radius 2 is 1.66 bits per heavy atom. The average Bonchev–Trinajstić information content (AvgIpc) is 3.42. The highest BCUT2D eigenvalue weighted by Crippen LogP contribution is 2.32. The Hall–Kier alpha value is -6.82. The van der Waals surface area contributed by atoms with Gasteiger partial charge in [-0.15, -0.1) is 0 Å². The van der Waals surface area contributed by atoms with E-state index < -0.39 is 48.0 Å². The number of carbonyl (C=O) groups excluding carboxylic acids is 6. The molecule has 18 heteroatoms. The van der Waals surface area contributed by atoms with Crippen LogP contribution in [0.5, 0.6) is 0 Å². The Balaban J connectivity index is 1.30. The summed E-state index contributed by atoms with van der Waals surface area (Å²) in [6.45, 7) is 8.25. The summed E-state index contributed by atoms with van der Waals surface area (Å²) in [4.78, 5) is 106. The summed E-state index contributed by atoms with van der Waals surface area (Å²) in [5.41, 5.74) is 16.1. The van der Waals surface area contributed by atoms with Gasteiger partial charge in [-0.2, -0.15) is 0 Å². The zero-order valence-corrected chi connectivity index (χ0v) is 36.8. The number of amidine groups is 1. The number of nitrogens with two attached hydrogens (primary N) is 2. The number of aromatic nitrogens is 2. The van der Waals surface area contributed by atoms with Crippen molar-refractivity contribution < 1.29 is 48.2 Å². The van der Waals surface area contributed by atoms with Crippen molar-refractivity contribution in [3.63, 3.8) is 0 Å². The van der Waals surface area contributed by atoms with Crippen LogP contribution in [0.3, 0.4) is 0 Å². The van der Waals surface area contributed by atoms with Crippen molar-refractivity contribution in [3.8, 4) is 11.1 Å². The highest BCUT2D eigenvalue weighted by atomic mass is 16.7. The van der Waals surface area contributed by atoms with Crippen LogP contribution in [0.25, 0.3) is 17.2 Å². The number of aliphatic carboxylic acids is 1. The van der Waals surface area contributed by atoms with E-state index >= 15 is 0 Å². The number of primary amides is 1. The minimum Gasteiger partial charge on any atom is -0.481 e. The third-order valence-electron chi connectivity index (χ3n) is 10.2. The normalized spacial score (nSPS) is 13.0. The molecule has 0 unspecified atom stereocenters. The maximum absolute atomic E-state index is 13.5. The molecule has 0 bridgehead atoms. The molecular weight excluding hydrogens is 825 g/mol. The molecule has 7 N–H and O–H groups in total. The van der Waals surface area contributed by atoms with Crippen molar-refractivity contribution in [1.82, 2.24) is 25.7 Å². The number of Topliss-reactive ketones (excluding diaryl/α,β-unsaturated/α-hetero) is 2. The summed E-state index contributed by atoms with van der Waals surface area (Å²) in [5, 5.41) is 15.5. The van der Waals surface area contributed by atoms with Crippen LogP contribution in [0.15, 0.2) is 65.4 Å². The second-order valence-corrected chi connectivity index (χ2v) is 15.7. The average molecular weight is 883 g/mol. The number of amides is 4. The fourth-order valence-electron chi connectivity index (χ4n) is 6.84. The van der Waals surface area contributed by atoms with Crippen LogP contribution in [0.2, 0.25) is 0 Å². The summed E-state index contributed by atoms with van der Waals surface area (Å²) in [6.07, 6.45) is 5.80. The number of aliphatic imine (C=N–C) groups is 1. The molecule has 1 aliphatic rings. The third-order valence-corrected chi connectivity index (χ3v) is 10.2. The number of carboxylic acids is 1. The molecule has 64 heavy (non-hydrogen) atoms.